The van der Waals surface area contributed by atoms with Crippen LogP contribution < -0.4 is 4.90 Å². The molecule has 1 unspecified atom stereocenters. The Labute approximate surface area is 139 Å². The number of hydrogen-bond acceptors (Lipinski definition) is 1. The van der Waals surface area contributed by atoms with E-state index in [4.69, 9.17) is 0 Å². The fourth-order valence-electron chi connectivity index (χ4n) is 4.11. The summed E-state index contributed by atoms with van der Waals surface area (Å²) in [6.07, 6.45) is 4.66. The number of aliphatic hydroxyl groups excluding tert-OH is 1. The van der Waals surface area contributed by atoms with Gasteiger partial charge in [-0.15, -0.1) is 0 Å². The summed E-state index contributed by atoms with van der Waals surface area (Å²) in [5.74, 6) is 0. The lowest BCUT2D eigenvalue weighted by Crippen LogP contribution is -3.12. The van der Waals surface area contributed by atoms with E-state index in [0.29, 0.717) is 0 Å². The predicted octanol–water partition coefficient (Wildman–Crippen LogP) is 2.11. The molecule has 0 spiro atoms. The number of aliphatic hydroxyl groups is 1. The maximum Gasteiger partial charge on any atom is 0.121 e. The third kappa shape index (κ3) is 3.31. The Bertz CT molecular complexity index is 670. The fourth-order valence-corrected chi connectivity index (χ4v) is 4.11. The average Bonchev–Trinajstić information content (AvgIpc) is 2.86. The number of nitrogens with zero attached hydrogens (tertiary/aromatic N) is 1. The van der Waals surface area contributed by atoms with E-state index in [1.165, 1.54) is 51.9 Å². The van der Waals surface area contributed by atoms with Crippen LogP contribution in [-0.4, -0.2) is 35.4 Å². The van der Waals surface area contributed by atoms with Crippen LogP contribution in [0.25, 0.3) is 10.9 Å². The van der Waals surface area contributed by atoms with E-state index in [-0.39, 0.29) is 6.10 Å². The highest BCUT2D eigenvalue weighted by atomic mass is 16.3. The molecule has 0 radical (unpaired) electrons. The molecule has 2 N–H and O–H groups in total. The zero-order chi connectivity index (χ0) is 16.4. The van der Waals surface area contributed by atoms with Gasteiger partial charge >= 0.3 is 0 Å². The highest BCUT2D eigenvalue weighted by Crippen LogP contribution is 2.32. The van der Waals surface area contributed by atoms with Crippen molar-refractivity contribution < 1.29 is 10.0 Å². The topological polar surface area (TPSA) is 29.6 Å². The predicted molar refractivity (Wildman–Crippen MR) is 96.2 cm³/mol. The summed E-state index contributed by atoms with van der Waals surface area (Å²) in [5.41, 5.74) is 5.66. The van der Waals surface area contributed by atoms with Crippen molar-refractivity contribution in [2.45, 2.75) is 59.1 Å². The van der Waals surface area contributed by atoms with E-state index in [2.05, 4.69) is 43.5 Å². The van der Waals surface area contributed by atoms with Crippen molar-refractivity contribution in [3.8, 4) is 0 Å². The van der Waals surface area contributed by atoms with Crippen LogP contribution in [0.3, 0.4) is 0 Å². The Morgan fingerprint density at radius 3 is 2.65 bits per heavy atom. The molecule has 0 saturated heterocycles. The SMILES string of the molecule is CC[NH+](CC)CC(O)Cn1c2c(c3cc(C)ccc31)CCCC2. The first-order valence-corrected chi connectivity index (χ1v) is 9.26. The monoisotopic (exact) mass is 315 g/mol. The number of quaternary nitrogens is 1. The molecule has 0 bridgehead atoms. The number of rotatable bonds is 6. The van der Waals surface area contributed by atoms with Gasteiger partial charge in [-0.05, 0) is 64.2 Å². The smallest absolute Gasteiger partial charge is 0.121 e. The third-order valence-electron chi connectivity index (χ3n) is 5.45. The Morgan fingerprint density at radius 2 is 1.91 bits per heavy atom. The van der Waals surface area contributed by atoms with Crippen molar-refractivity contribution in [1.29, 1.82) is 0 Å². The number of benzene rings is 1. The van der Waals surface area contributed by atoms with Crippen LogP contribution in [0.4, 0.5) is 0 Å². The fraction of sp³-hybridized carbons (Fsp3) is 0.600. The number of hydrogen-bond donors (Lipinski definition) is 2. The molecule has 0 aliphatic heterocycles. The molecule has 0 fully saturated rings. The van der Waals surface area contributed by atoms with E-state index >= 15 is 0 Å². The zero-order valence-electron chi connectivity index (χ0n) is 14.9. The summed E-state index contributed by atoms with van der Waals surface area (Å²) in [6.45, 7) is 10.3. The summed E-state index contributed by atoms with van der Waals surface area (Å²) < 4.78 is 2.41. The minimum Gasteiger partial charge on any atom is -0.385 e. The van der Waals surface area contributed by atoms with Crippen molar-refractivity contribution >= 4 is 10.9 Å². The number of nitrogens with one attached hydrogen (secondary N) is 1. The Morgan fingerprint density at radius 1 is 1.17 bits per heavy atom. The van der Waals surface area contributed by atoms with Crippen LogP contribution in [0.2, 0.25) is 0 Å². The molecule has 3 rings (SSSR count). The summed E-state index contributed by atoms with van der Waals surface area (Å²) in [5, 5.41) is 12.0. The first-order valence-electron chi connectivity index (χ1n) is 9.26. The van der Waals surface area contributed by atoms with E-state index in [0.717, 1.165) is 32.6 Å². The maximum atomic E-state index is 10.6. The lowest BCUT2D eigenvalue weighted by molar-refractivity contribution is -0.899. The highest BCUT2D eigenvalue weighted by molar-refractivity contribution is 5.86. The molecule has 1 aromatic carbocycles. The van der Waals surface area contributed by atoms with Crippen LogP contribution in [0, 0.1) is 6.92 Å². The summed E-state index contributed by atoms with van der Waals surface area (Å²) >= 11 is 0. The molecular formula is C20H31N2O+. The molecule has 1 heterocycles. The van der Waals surface area contributed by atoms with Gasteiger partial charge in [0.2, 0.25) is 0 Å². The summed E-state index contributed by atoms with van der Waals surface area (Å²) in [6, 6.07) is 6.78. The second kappa shape index (κ2) is 7.06. The molecule has 1 aliphatic rings. The first-order chi connectivity index (χ1) is 11.1. The lowest BCUT2D eigenvalue weighted by atomic mass is 9.95. The van der Waals surface area contributed by atoms with Gasteiger partial charge in [0.05, 0.1) is 19.6 Å². The van der Waals surface area contributed by atoms with Gasteiger partial charge in [-0.1, -0.05) is 11.6 Å². The third-order valence-corrected chi connectivity index (χ3v) is 5.45. The second-order valence-corrected chi connectivity index (χ2v) is 7.08. The van der Waals surface area contributed by atoms with E-state index in [9.17, 15) is 5.11 Å². The summed E-state index contributed by atoms with van der Waals surface area (Å²) in [4.78, 5) is 1.47. The maximum absolute atomic E-state index is 10.6. The lowest BCUT2D eigenvalue weighted by Gasteiger charge is -2.22. The van der Waals surface area contributed by atoms with E-state index in [1.54, 1.807) is 0 Å². The number of fused-ring (bicyclic) bond motifs is 3. The molecule has 2 aromatic rings. The van der Waals surface area contributed by atoms with Gasteiger partial charge in [0.15, 0.2) is 0 Å². The molecule has 3 nitrogen and oxygen atoms in total. The molecule has 3 heteroatoms. The van der Waals surface area contributed by atoms with Gasteiger partial charge in [-0.3, -0.25) is 0 Å². The van der Waals surface area contributed by atoms with Crippen molar-refractivity contribution in [3.05, 3.63) is 35.0 Å². The molecule has 1 aromatic heterocycles. The Kier molecular flexibility index (Phi) is 5.08. The van der Waals surface area contributed by atoms with Crippen LogP contribution in [0.5, 0.6) is 0 Å². The van der Waals surface area contributed by atoms with Gasteiger partial charge in [-0.2, -0.15) is 0 Å². The van der Waals surface area contributed by atoms with Gasteiger partial charge in [0.1, 0.15) is 12.6 Å². The molecule has 126 valence electrons. The van der Waals surface area contributed by atoms with Crippen LogP contribution in [0.1, 0.15) is 43.5 Å². The molecule has 1 atom stereocenters. The summed E-state index contributed by atoms with van der Waals surface area (Å²) in [7, 11) is 0. The second-order valence-electron chi connectivity index (χ2n) is 7.08. The number of aromatic nitrogens is 1. The number of aryl methyl sites for hydroxylation is 2. The molecule has 0 saturated carbocycles. The molecule has 23 heavy (non-hydrogen) atoms. The quantitative estimate of drug-likeness (QED) is 0.840. The minimum absolute atomic E-state index is 0.271. The molecular weight excluding hydrogens is 284 g/mol. The largest absolute Gasteiger partial charge is 0.385 e. The zero-order valence-corrected chi connectivity index (χ0v) is 14.9. The van der Waals surface area contributed by atoms with Crippen LogP contribution >= 0.6 is 0 Å². The molecule has 0 amide bonds. The van der Waals surface area contributed by atoms with Gasteiger partial charge in [0, 0.05) is 16.6 Å². The van der Waals surface area contributed by atoms with Crippen molar-refractivity contribution in [2.24, 2.45) is 0 Å². The van der Waals surface area contributed by atoms with Crippen molar-refractivity contribution in [2.75, 3.05) is 19.6 Å². The van der Waals surface area contributed by atoms with E-state index < -0.39 is 0 Å². The minimum atomic E-state index is -0.271. The Hall–Kier alpha value is -1.32. The van der Waals surface area contributed by atoms with Crippen molar-refractivity contribution in [3.63, 3.8) is 0 Å². The molecule has 1 aliphatic carbocycles. The first kappa shape index (κ1) is 16.5. The number of likely N-dealkylation sites (N-methyl/N-ethyl adjacent to an activating group) is 1. The Balaban J connectivity index is 1.93. The van der Waals surface area contributed by atoms with E-state index in [1.807, 2.05) is 0 Å². The van der Waals surface area contributed by atoms with Gasteiger partial charge < -0.3 is 14.6 Å². The average molecular weight is 315 g/mol. The van der Waals surface area contributed by atoms with Gasteiger partial charge in [-0.25, -0.2) is 0 Å². The van der Waals surface area contributed by atoms with Crippen molar-refractivity contribution in [1.82, 2.24) is 4.57 Å². The highest BCUT2D eigenvalue weighted by Gasteiger charge is 2.22. The van der Waals surface area contributed by atoms with Gasteiger partial charge in [0.25, 0.3) is 0 Å². The van der Waals surface area contributed by atoms with Crippen LogP contribution in [-0.2, 0) is 19.4 Å². The van der Waals surface area contributed by atoms with Crippen LogP contribution in [0.15, 0.2) is 18.2 Å². The standard InChI is InChI=1S/C20H30N2O/c1-4-21(5-2)13-16(23)14-22-19-9-7-6-8-17(19)18-12-15(3)10-11-20(18)22/h10-12,16,23H,4-9,13-14H2,1-3H3/p+1. The normalized spacial score (nSPS) is 16.0.